The predicted octanol–water partition coefficient (Wildman–Crippen LogP) is 8.23. The first kappa shape index (κ1) is 28.3. The number of ether oxygens (including phenoxy) is 1. The lowest BCUT2D eigenvalue weighted by Gasteiger charge is -2.30. The molecule has 4 rings (SSSR count). The number of hydrogen-bond donors (Lipinski definition) is 0. The van der Waals surface area contributed by atoms with Crippen molar-refractivity contribution >= 4 is 17.0 Å². The van der Waals surface area contributed by atoms with E-state index in [-0.39, 0.29) is 6.10 Å². The third-order valence-corrected chi connectivity index (χ3v) is 7.59. The smallest absolute Gasteiger partial charge is 0.263 e. The largest absolute Gasteiger partial charge is 0.574 e. The molecule has 3 heteroatoms. The lowest BCUT2D eigenvalue weighted by Crippen LogP contribution is -2.28. The molecule has 2 aliphatic rings. The standard InChI is InChI=1S/C36H44N2O/c1-8-37(9-2)31-17-19-33(27(7)22-31)29(21-26(5)6)23-30-24-35(28-15-13-12-14-16-28)39-36-25-32(18-20-34(30)36)38(10-3)11-4/h12-25,36H,8-11H2,1-7H3/p+1/b29-23+. The average Bonchev–Trinajstić information content (AvgIpc) is 2.94. The summed E-state index contributed by atoms with van der Waals surface area (Å²) in [5.74, 6) is 1.03. The van der Waals surface area contributed by atoms with Gasteiger partial charge < -0.3 is 14.5 Å². The van der Waals surface area contributed by atoms with Gasteiger partial charge in [-0.1, -0.05) is 35.9 Å². The van der Waals surface area contributed by atoms with Gasteiger partial charge in [-0.25, -0.2) is 0 Å². The van der Waals surface area contributed by atoms with Crippen molar-refractivity contribution in [3.8, 4) is 0 Å². The Morgan fingerprint density at radius 3 is 2.18 bits per heavy atom. The molecule has 2 aromatic carbocycles. The van der Waals surface area contributed by atoms with E-state index < -0.39 is 0 Å². The minimum absolute atomic E-state index is 0.00357. The molecule has 39 heavy (non-hydrogen) atoms. The van der Waals surface area contributed by atoms with E-state index in [9.17, 15) is 0 Å². The molecule has 1 N–H and O–H groups in total. The second-order valence-electron chi connectivity index (χ2n) is 10.5. The summed E-state index contributed by atoms with van der Waals surface area (Å²) in [6.45, 7) is 19.4. The molecule has 3 nitrogen and oxygen atoms in total. The molecule has 2 aromatic rings. The topological polar surface area (TPSA) is 19.3 Å². The van der Waals surface area contributed by atoms with Crippen molar-refractivity contribution in [1.82, 2.24) is 4.90 Å². The third-order valence-electron chi connectivity index (χ3n) is 7.59. The maximum Gasteiger partial charge on any atom is 0.263 e. The molecule has 0 aromatic heterocycles. The summed E-state index contributed by atoms with van der Waals surface area (Å²) in [6.07, 6.45) is 13.8. The van der Waals surface area contributed by atoms with Crippen LogP contribution >= 0.6 is 0 Å². The molecular weight excluding hydrogens is 476 g/mol. The average molecular weight is 522 g/mol. The van der Waals surface area contributed by atoms with Gasteiger partial charge in [0.2, 0.25) is 6.10 Å². The van der Waals surface area contributed by atoms with Gasteiger partial charge in [-0.2, -0.15) is 0 Å². The molecule has 1 atom stereocenters. The van der Waals surface area contributed by atoms with E-state index in [4.69, 9.17) is 4.74 Å². The Hall–Kier alpha value is -3.72. The van der Waals surface area contributed by atoms with E-state index in [1.165, 1.54) is 44.8 Å². The van der Waals surface area contributed by atoms with Crippen LogP contribution in [0.3, 0.4) is 0 Å². The highest BCUT2D eigenvalue weighted by atomic mass is 16.5. The Bertz CT molecular complexity index is 1340. The number of hydrogen-bond acceptors (Lipinski definition) is 2. The number of anilines is 1. The van der Waals surface area contributed by atoms with Crippen LogP contribution in [-0.2, 0) is 0 Å². The first-order valence-corrected chi connectivity index (χ1v) is 14.5. The van der Waals surface area contributed by atoms with Gasteiger partial charge in [0.05, 0.1) is 11.1 Å². The summed E-state index contributed by atoms with van der Waals surface area (Å²) < 4.78 is 5.23. The summed E-state index contributed by atoms with van der Waals surface area (Å²) in [7, 11) is 0. The summed E-state index contributed by atoms with van der Waals surface area (Å²) in [5.41, 5.74) is 11.2. The van der Waals surface area contributed by atoms with Gasteiger partial charge in [0.15, 0.2) is 0 Å². The van der Waals surface area contributed by atoms with Crippen molar-refractivity contribution in [2.24, 2.45) is 0 Å². The fourth-order valence-electron chi connectivity index (χ4n) is 5.50. The van der Waals surface area contributed by atoms with Crippen LogP contribution in [-0.4, -0.2) is 41.9 Å². The first-order valence-electron chi connectivity index (χ1n) is 14.5. The Kier molecular flexibility index (Phi) is 9.35. The molecule has 0 saturated heterocycles. The van der Waals surface area contributed by atoms with Gasteiger partial charge in [-0.3, -0.25) is 0 Å². The lowest BCUT2D eigenvalue weighted by molar-refractivity contribution is 0.0588. The molecule has 1 aliphatic heterocycles. The van der Waals surface area contributed by atoms with Crippen molar-refractivity contribution < 1.29 is 4.74 Å². The minimum atomic E-state index is -0.00357. The van der Waals surface area contributed by atoms with Crippen molar-refractivity contribution in [3.05, 3.63) is 124 Å². The fraction of sp³-hybridized carbons (Fsp3) is 0.333. The zero-order chi connectivity index (χ0) is 27.9. The second kappa shape index (κ2) is 12.9. The Balaban J connectivity index is 1.86. The molecule has 0 bridgehead atoms. The normalized spacial score (nSPS) is 16.7. The Morgan fingerprint density at radius 1 is 0.872 bits per heavy atom. The molecule has 204 valence electrons. The Labute approximate surface area is 236 Å². The van der Waals surface area contributed by atoms with Gasteiger partial charge in [0.1, 0.15) is 0 Å². The second-order valence-corrected chi connectivity index (χ2v) is 10.5. The van der Waals surface area contributed by atoms with Crippen LogP contribution in [0, 0.1) is 6.92 Å². The summed E-state index contributed by atoms with van der Waals surface area (Å²) in [5, 5.41) is 0. The maximum absolute atomic E-state index is 5.23. The van der Waals surface area contributed by atoms with Gasteiger partial charge in [-0.05, 0) is 113 Å². The van der Waals surface area contributed by atoms with Crippen molar-refractivity contribution in [1.29, 1.82) is 0 Å². The van der Waals surface area contributed by atoms with E-state index in [1.54, 1.807) is 0 Å². The number of rotatable bonds is 10. The van der Waals surface area contributed by atoms with Crippen LogP contribution in [0.25, 0.3) is 11.3 Å². The zero-order valence-corrected chi connectivity index (χ0v) is 24.8. The molecule has 1 heterocycles. The highest BCUT2D eigenvalue weighted by molar-refractivity contribution is 5.82. The predicted molar refractivity (Wildman–Crippen MR) is 170 cm³/mol. The lowest BCUT2D eigenvalue weighted by atomic mass is 9.89. The van der Waals surface area contributed by atoms with Crippen molar-refractivity contribution in [3.63, 3.8) is 0 Å². The van der Waals surface area contributed by atoms with Crippen LogP contribution in [0.2, 0.25) is 0 Å². The monoisotopic (exact) mass is 521 g/mol. The molecule has 0 radical (unpaired) electrons. The number of likely N-dealkylation sites (N-methyl/N-ethyl adjacent to an activating group) is 1. The molecule has 0 amide bonds. The molecule has 1 aliphatic carbocycles. The molecular formula is C36H45N2O+. The number of nitrogens with zero attached hydrogens (tertiary/aromatic N) is 2. The van der Waals surface area contributed by atoms with Crippen LogP contribution in [0.4, 0.5) is 5.69 Å². The van der Waals surface area contributed by atoms with E-state index >= 15 is 0 Å². The molecule has 0 saturated carbocycles. The minimum Gasteiger partial charge on any atom is -0.574 e. The van der Waals surface area contributed by atoms with E-state index in [1.807, 2.05) is 0 Å². The number of aliphatic hydroxyl groups is 2. The van der Waals surface area contributed by atoms with Gasteiger partial charge >= 0.3 is 0 Å². The molecule has 1 unspecified atom stereocenters. The summed E-state index contributed by atoms with van der Waals surface area (Å²) >= 11 is 0. The van der Waals surface area contributed by atoms with Crippen LogP contribution < -0.4 is 4.90 Å². The van der Waals surface area contributed by atoms with Crippen LogP contribution in [0.15, 0.2) is 107 Å². The number of aryl methyl sites for hydroxylation is 1. The van der Waals surface area contributed by atoms with E-state index in [0.29, 0.717) is 0 Å². The Morgan fingerprint density at radius 2 is 1.56 bits per heavy atom. The maximum atomic E-state index is 5.23. The van der Waals surface area contributed by atoms with Crippen LogP contribution in [0.1, 0.15) is 58.2 Å². The number of benzene rings is 2. The van der Waals surface area contributed by atoms with E-state index in [0.717, 1.165) is 37.5 Å². The molecule has 0 spiro atoms. The number of fused-ring (bicyclic) bond motifs is 1. The fourth-order valence-corrected chi connectivity index (χ4v) is 5.50. The third kappa shape index (κ3) is 6.47. The first-order chi connectivity index (χ1) is 18.9. The quantitative estimate of drug-likeness (QED) is 0.232. The van der Waals surface area contributed by atoms with Gasteiger partial charge in [-0.15, -0.1) is 0 Å². The SMILES string of the molecule is CCN(CC)C1=CC2[OH+]C(c3ccccc3)=CC(/C=C(\C=C(C)C)c3ccc(N(CC)CC)cc3C)=C2C=C1. The summed E-state index contributed by atoms with van der Waals surface area (Å²) in [4.78, 5) is 4.80. The highest BCUT2D eigenvalue weighted by Gasteiger charge is 2.30. The van der Waals surface area contributed by atoms with Crippen LogP contribution in [0.5, 0.6) is 0 Å². The van der Waals surface area contributed by atoms with Crippen molar-refractivity contribution in [2.45, 2.75) is 54.6 Å². The zero-order valence-electron chi connectivity index (χ0n) is 24.8. The van der Waals surface area contributed by atoms with Gasteiger partial charge in [0.25, 0.3) is 5.76 Å². The number of allylic oxidation sites excluding steroid dienone is 7. The highest BCUT2D eigenvalue weighted by Crippen LogP contribution is 2.35. The van der Waals surface area contributed by atoms with Gasteiger partial charge in [0, 0.05) is 49.7 Å². The molecule has 0 fully saturated rings. The summed E-state index contributed by atoms with van der Waals surface area (Å²) in [6, 6.07) is 17.4. The van der Waals surface area contributed by atoms with E-state index in [2.05, 4.69) is 143 Å². The van der Waals surface area contributed by atoms with Crippen molar-refractivity contribution in [2.75, 3.05) is 31.1 Å².